The molecular weight excluding hydrogens is 398 g/mol. The Morgan fingerprint density at radius 1 is 0.839 bits per heavy atom. The van der Waals surface area contributed by atoms with Gasteiger partial charge in [-0.2, -0.15) is 0 Å². The lowest BCUT2D eigenvalue weighted by Gasteiger charge is -2.31. The molecular formula is C24H21NO6. The van der Waals surface area contributed by atoms with E-state index < -0.39 is 11.9 Å². The highest BCUT2D eigenvalue weighted by atomic mass is 16.5. The van der Waals surface area contributed by atoms with E-state index >= 15 is 0 Å². The predicted molar refractivity (Wildman–Crippen MR) is 115 cm³/mol. The molecule has 0 aliphatic carbocycles. The maximum atomic E-state index is 12.4. The zero-order valence-electron chi connectivity index (χ0n) is 17.2. The highest BCUT2D eigenvalue weighted by Crippen LogP contribution is 2.30. The molecule has 7 nitrogen and oxygen atoms in total. The van der Waals surface area contributed by atoms with Gasteiger partial charge >= 0.3 is 11.9 Å². The van der Waals surface area contributed by atoms with Crippen molar-refractivity contribution in [3.63, 3.8) is 0 Å². The summed E-state index contributed by atoms with van der Waals surface area (Å²) in [5.74, 6) is 0.0752. The summed E-state index contributed by atoms with van der Waals surface area (Å²) >= 11 is 0. The zero-order chi connectivity index (χ0) is 21.8. The number of carbonyl (C=O) groups is 2. The van der Waals surface area contributed by atoms with E-state index in [9.17, 15) is 9.59 Å². The predicted octanol–water partition coefficient (Wildman–Crippen LogP) is 4.03. The van der Waals surface area contributed by atoms with E-state index in [4.69, 9.17) is 18.9 Å². The maximum Gasteiger partial charge on any atom is 0.355 e. The number of hydrogen-bond acceptors (Lipinski definition) is 7. The lowest BCUT2D eigenvalue weighted by Crippen LogP contribution is -2.38. The molecule has 0 amide bonds. The largest absolute Gasteiger partial charge is 0.466 e. The molecule has 1 aliphatic heterocycles. The van der Waals surface area contributed by atoms with Gasteiger partial charge in [0.25, 0.3) is 0 Å². The Bertz CT molecular complexity index is 1150. The average molecular weight is 419 g/mol. The Kier molecular flexibility index (Phi) is 5.86. The van der Waals surface area contributed by atoms with E-state index in [1.165, 1.54) is 14.2 Å². The summed E-state index contributed by atoms with van der Waals surface area (Å²) < 4.78 is 21.1. The molecule has 0 bridgehead atoms. The fourth-order valence-corrected chi connectivity index (χ4v) is 3.41. The molecule has 0 saturated heterocycles. The van der Waals surface area contributed by atoms with Crippen LogP contribution in [0.1, 0.15) is 0 Å². The minimum absolute atomic E-state index is 0.0310. The van der Waals surface area contributed by atoms with E-state index in [2.05, 4.69) is 0 Å². The van der Waals surface area contributed by atoms with Crippen LogP contribution in [-0.2, 0) is 23.8 Å². The average Bonchev–Trinajstić information content (AvgIpc) is 2.83. The minimum atomic E-state index is -0.639. The molecule has 7 heteroatoms. The second-order valence-corrected chi connectivity index (χ2v) is 6.82. The van der Waals surface area contributed by atoms with Crippen molar-refractivity contribution in [3.8, 4) is 11.5 Å². The first-order chi connectivity index (χ1) is 15.1. The van der Waals surface area contributed by atoms with Gasteiger partial charge in [-0.3, -0.25) is 0 Å². The molecule has 1 heterocycles. The molecule has 0 saturated carbocycles. The fraction of sp³-hybridized carbons (Fsp3) is 0.167. The molecule has 31 heavy (non-hydrogen) atoms. The van der Waals surface area contributed by atoms with Crippen molar-refractivity contribution in [2.75, 3.05) is 32.5 Å². The molecule has 0 atom stereocenters. The lowest BCUT2D eigenvalue weighted by molar-refractivity contribution is -0.140. The smallest absolute Gasteiger partial charge is 0.355 e. The Morgan fingerprint density at radius 3 is 2.23 bits per heavy atom. The third-order valence-corrected chi connectivity index (χ3v) is 4.94. The molecule has 0 radical (unpaired) electrons. The van der Waals surface area contributed by atoms with Crippen LogP contribution in [0.4, 0.5) is 5.69 Å². The summed E-state index contributed by atoms with van der Waals surface area (Å²) in [5, 5.41) is 2.23. The van der Waals surface area contributed by atoms with Gasteiger partial charge in [0.1, 0.15) is 23.9 Å². The third-order valence-electron chi connectivity index (χ3n) is 4.94. The first kappa shape index (κ1) is 20.4. The molecule has 0 unspecified atom stereocenters. The van der Waals surface area contributed by atoms with Crippen LogP contribution >= 0.6 is 0 Å². The molecule has 0 aromatic heterocycles. The minimum Gasteiger partial charge on any atom is -0.466 e. The van der Waals surface area contributed by atoms with Gasteiger partial charge in [0.2, 0.25) is 0 Å². The second-order valence-electron chi connectivity index (χ2n) is 6.82. The fourth-order valence-electron chi connectivity index (χ4n) is 3.41. The summed E-state index contributed by atoms with van der Waals surface area (Å²) in [6.45, 7) is 0.0621. The van der Waals surface area contributed by atoms with Crippen LogP contribution in [0, 0.1) is 0 Å². The van der Waals surface area contributed by atoms with E-state index in [0.29, 0.717) is 11.4 Å². The van der Waals surface area contributed by atoms with Gasteiger partial charge < -0.3 is 23.8 Å². The van der Waals surface area contributed by atoms with Crippen molar-refractivity contribution in [2.24, 2.45) is 0 Å². The zero-order valence-corrected chi connectivity index (χ0v) is 17.2. The monoisotopic (exact) mass is 419 g/mol. The van der Waals surface area contributed by atoms with Crippen molar-refractivity contribution in [3.05, 3.63) is 78.0 Å². The molecule has 0 spiro atoms. The topological polar surface area (TPSA) is 74.3 Å². The van der Waals surface area contributed by atoms with Crippen LogP contribution in [0.5, 0.6) is 11.5 Å². The third kappa shape index (κ3) is 4.22. The summed E-state index contributed by atoms with van der Waals surface area (Å²) in [6, 6.07) is 21.1. The Morgan fingerprint density at radius 2 is 1.52 bits per heavy atom. The van der Waals surface area contributed by atoms with Crippen molar-refractivity contribution >= 4 is 28.4 Å². The highest BCUT2D eigenvalue weighted by molar-refractivity contribution is 6.03. The van der Waals surface area contributed by atoms with Crippen molar-refractivity contribution < 1.29 is 28.5 Å². The molecule has 3 aromatic carbocycles. The molecule has 158 valence electrons. The number of esters is 2. The Balaban J connectivity index is 1.60. The quantitative estimate of drug-likeness (QED) is 0.578. The van der Waals surface area contributed by atoms with Crippen molar-refractivity contribution in [1.82, 2.24) is 0 Å². The van der Waals surface area contributed by atoms with Crippen molar-refractivity contribution in [1.29, 1.82) is 0 Å². The van der Waals surface area contributed by atoms with Crippen LogP contribution in [0.3, 0.4) is 0 Å². The molecule has 0 N–H and O–H groups in total. The highest BCUT2D eigenvalue weighted by Gasteiger charge is 2.32. The SMILES string of the molecule is COC(=O)C1=C(C(=O)OC)N(c2ccc(Oc3ccc4ccccc4c3)cc2)COC1. The van der Waals surface area contributed by atoms with Gasteiger partial charge in [-0.25, -0.2) is 9.59 Å². The summed E-state index contributed by atoms with van der Waals surface area (Å²) in [6.07, 6.45) is 0. The Hall–Kier alpha value is -3.84. The van der Waals surface area contributed by atoms with Gasteiger partial charge in [0.15, 0.2) is 0 Å². The van der Waals surface area contributed by atoms with Gasteiger partial charge in [0, 0.05) is 5.69 Å². The van der Waals surface area contributed by atoms with Crippen molar-refractivity contribution in [2.45, 2.75) is 0 Å². The number of benzene rings is 3. The van der Waals surface area contributed by atoms with Gasteiger partial charge in [-0.05, 0) is 47.2 Å². The Labute approximate surface area is 179 Å². The maximum absolute atomic E-state index is 12.4. The van der Waals surface area contributed by atoms with E-state index in [-0.39, 0.29) is 24.6 Å². The number of methoxy groups -OCH3 is 2. The lowest BCUT2D eigenvalue weighted by atomic mass is 10.1. The number of nitrogens with zero attached hydrogens (tertiary/aromatic N) is 1. The van der Waals surface area contributed by atoms with E-state index in [1.54, 1.807) is 29.2 Å². The van der Waals surface area contributed by atoms with E-state index in [1.807, 2.05) is 42.5 Å². The first-order valence-corrected chi connectivity index (χ1v) is 9.62. The molecule has 4 rings (SSSR count). The van der Waals surface area contributed by atoms with Gasteiger partial charge in [0.05, 0.1) is 26.4 Å². The molecule has 0 fully saturated rings. The molecule has 1 aliphatic rings. The van der Waals surface area contributed by atoms with Crippen LogP contribution in [0.25, 0.3) is 10.8 Å². The summed E-state index contributed by atoms with van der Waals surface area (Å²) in [5.41, 5.74) is 0.855. The van der Waals surface area contributed by atoms with Crippen LogP contribution in [-0.4, -0.2) is 39.5 Å². The standard InChI is InChI=1S/C24H21NO6/c1-28-23(26)21-14-30-15-25(22(21)24(27)29-2)18-8-11-19(12-9-18)31-20-10-7-16-5-3-4-6-17(16)13-20/h3-13H,14-15H2,1-2H3. The number of fused-ring (bicyclic) bond motifs is 1. The second kappa shape index (κ2) is 8.89. The van der Waals surface area contributed by atoms with Crippen LogP contribution in [0.2, 0.25) is 0 Å². The normalized spacial score (nSPS) is 13.8. The number of carbonyl (C=O) groups excluding carboxylic acids is 2. The van der Waals surface area contributed by atoms with Crippen LogP contribution < -0.4 is 9.64 Å². The van der Waals surface area contributed by atoms with Gasteiger partial charge in [-0.15, -0.1) is 0 Å². The van der Waals surface area contributed by atoms with Crippen LogP contribution in [0.15, 0.2) is 78.0 Å². The van der Waals surface area contributed by atoms with Gasteiger partial charge in [-0.1, -0.05) is 30.3 Å². The summed E-state index contributed by atoms with van der Waals surface area (Å²) in [4.78, 5) is 26.1. The van der Waals surface area contributed by atoms with E-state index in [0.717, 1.165) is 16.5 Å². The first-order valence-electron chi connectivity index (χ1n) is 9.62. The number of anilines is 1. The number of rotatable bonds is 5. The summed E-state index contributed by atoms with van der Waals surface area (Å²) in [7, 11) is 2.51. The number of hydrogen-bond donors (Lipinski definition) is 0. The number of ether oxygens (including phenoxy) is 4. The molecule has 3 aromatic rings.